The molecule has 1 aliphatic rings. The van der Waals surface area contributed by atoms with Crippen LogP contribution in [0.15, 0.2) is 0 Å². The minimum atomic E-state index is 0.821. The second-order valence-corrected chi connectivity index (χ2v) is 5.77. The molecule has 0 radical (unpaired) electrons. The number of hydrogen-bond donors (Lipinski definition) is 0. The van der Waals surface area contributed by atoms with Crippen molar-refractivity contribution in [1.82, 2.24) is 0 Å². The number of halogens is 1. The van der Waals surface area contributed by atoms with Gasteiger partial charge in [0.25, 0.3) is 0 Å². The molecule has 0 aliphatic heterocycles. The molecular formula is C12H23Br. The molecule has 0 aromatic carbocycles. The third kappa shape index (κ3) is 5.05. The predicted octanol–water partition coefficient (Wildman–Crippen LogP) is 4.91. The van der Waals surface area contributed by atoms with Gasteiger partial charge >= 0.3 is 0 Å². The van der Waals surface area contributed by atoms with Crippen molar-refractivity contribution in [3.05, 3.63) is 0 Å². The maximum Gasteiger partial charge on any atom is 0.0148 e. The maximum atomic E-state index is 3.79. The second-order valence-electron chi connectivity index (χ2n) is 4.48. The molecule has 1 saturated carbocycles. The molecule has 0 aromatic heterocycles. The molecule has 0 N–H and O–H groups in total. The molecule has 0 amide bonds. The van der Waals surface area contributed by atoms with Crippen LogP contribution in [0.3, 0.4) is 0 Å². The van der Waals surface area contributed by atoms with Gasteiger partial charge in [0.2, 0.25) is 0 Å². The van der Waals surface area contributed by atoms with Gasteiger partial charge in [-0.25, -0.2) is 0 Å². The SMILES string of the molecule is CCCCCC1CCCCC(Br)C1. The van der Waals surface area contributed by atoms with E-state index in [4.69, 9.17) is 0 Å². The molecule has 0 bridgehead atoms. The van der Waals surface area contributed by atoms with Crippen LogP contribution in [0.2, 0.25) is 0 Å². The van der Waals surface area contributed by atoms with Crippen molar-refractivity contribution < 1.29 is 0 Å². The Labute approximate surface area is 91.6 Å². The number of rotatable bonds is 4. The van der Waals surface area contributed by atoms with Crippen molar-refractivity contribution in [2.24, 2.45) is 5.92 Å². The van der Waals surface area contributed by atoms with Gasteiger partial charge in [-0.2, -0.15) is 0 Å². The minimum Gasteiger partial charge on any atom is -0.0891 e. The van der Waals surface area contributed by atoms with Gasteiger partial charge in [-0.3, -0.25) is 0 Å². The number of alkyl halides is 1. The molecule has 2 atom stereocenters. The van der Waals surface area contributed by atoms with Crippen molar-refractivity contribution >= 4 is 15.9 Å². The van der Waals surface area contributed by atoms with Crippen LogP contribution < -0.4 is 0 Å². The summed E-state index contributed by atoms with van der Waals surface area (Å²) in [4.78, 5) is 0.821. The smallest absolute Gasteiger partial charge is 0.0148 e. The summed E-state index contributed by atoms with van der Waals surface area (Å²) in [6, 6.07) is 0. The topological polar surface area (TPSA) is 0 Å². The monoisotopic (exact) mass is 246 g/mol. The van der Waals surface area contributed by atoms with E-state index in [1.807, 2.05) is 0 Å². The molecule has 78 valence electrons. The Balaban J connectivity index is 2.15. The highest BCUT2D eigenvalue weighted by Gasteiger charge is 2.17. The van der Waals surface area contributed by atoms with Crippen molar-refractivity contribution in [2.75, 3.05) is 0 Å². The lowest BCUT2D eigenvalue weighted by Crippen LogP contribution is -2.05. The van der Waals surface area contributed by atoms with E-state index < -0.39 is 0 Å². The van der Waals surface area contributed by atoms with Crippen LogP contribution in [0.5, 0.6) is 0 Å². The van der Waals surface area contributed by atoms with Gasteiger partial charge in [0.05, 0.1) is 0 Å². The zero-order valence-corrected chi connectivity index (χ0v) is 10.5. The second kappa shape index (κ2) is 6.86. The van der Waals surface area contributed by atoms with E-state index in [1.54, 1.807) is 0 Å². The van der Waals surface area contributed by atoms with Gasteiger partial charge in [0, 0.05) is 4.83 Å². The van der Waals surface area contributed by atoms with E-state index in [9.17, 15) is 0 Å². The van der Waals surface area contributed by atoms with E-state index >= 15 is 0 Å². The third-order valence-corrected chi connectivity index (χ3v) is 4.02. The van der Waals surface area contributed by atoms with Crippen LogP contribution in [-0.2, 0) is 0 Å². The molecule has 0 heterocycles. The fourth-order valence-electron chi connectivity index (χ4n) is 2.34. The van der Waals surface area contributed by atoms with Gasteiger partial charge < -0.3 is 0 Å². The standard InChI is InChI=1S/C12H23Br/c1-2-3-4-7-11-8-5-6-9-12(13)10-11/h11-12H,2-10H2,1H3. The summed E-state index contributed by atoms with van der Waals surface area (Å²) in [5.74, 6) is 1.03. The molecule has 0 saturated heterocycles. The third-order valence-electron chi connectivity index (χ3n) is 3.18. The average molecular weight is 247 g/mol. The van der Waals surface area contributed by atoms with Crippen LogP contribution in [0.1, 0.15) is 64.7 Å². The van der Waals surface area contributed by atoms with Crippen LogP contribution in [-0.4, -0.2) is 4.83 Å². The van der Waals surface area contributed by atoms with Gasteiger partial charge in [-0.1, -0.05) is 67.8 Å². The number of hydrogen-bond acceptors (Lipinski definition) is 0. The fraction of sp³-hybridized carbons (Fsp3) is 1.00. The Bertz CT molecular complexity index is 122. The molecule has 1 aliphatic carbocycles. The molecule has 0 aromatic rings. The summed E-state index contributed by atoms with van der Waals surface area (Å²) < 4.78 is 0. The van der Waals surface area contributed by atoms with E-state index in [-0.39, 0.29) is 0 Å². The predicted molar refractivity (Wildman–Crippen MR) is 63.4 cm³/mol. The van der Waals surface area contributed by atoms with Crippen molar-refractivity contribution in [3.63, 3.8) is 0 Å². The largest absolute Gasteiger partial charge is 0.0891 e. The maximum absolute atomic E-state index is 3.79. The van der Waals surface area contributed by atoms with E-state index in [0.29, 0.717) is 0 Å². The quantitative estimate of drug-likeness (QED) is 0.376. The van der Waals surface area contributed by atoms with Gasteiger partial charge in [-0.05, 0) is 18.8 Å². The molecule has 13 heavy (non-hydrogen) atoms. The van der Waals surface area contributed by atoms with Crippen LogP contribution >= 0.6 is 15.9 Å². The highest BCUT2D eigenvalue weighted by molar-refractivity contribution is 9.09. The molecule has 1 rings (SSSR count). The minimum absolute atomic E-state index is 0.821. The molecule has 1 fully saturated rings. The molecule has 0 nitrogen and oxygen atoms in total. The first kappa shape index (κ1) is 11.6. The highest BCUT2D eigenvalue weighted by Crippen LogP contribution is 2.30. The first-order chi connectivity index (χ1) is 6.33. The molecule has 0 spiro atoms. The van der Waals surface area contributed by atoms with E-state index in [1.165, 1.54) is 57.8 Å². The summed E-state index contributed by atoms with van der Waals surface area (Å²) in [6.45, 7) is 2.29. The zero-order valence-electron chi connectivity index (χ0n) is 8.90. The first-order valence-electron chi connectivity index (χ1n) is 5.97. The van der Waals surface area contributed by atoms with E-state index in [2.05, 4.69) is 22.9 Å². The summed E-state index contributed by atoms with van der Waals surface area (Å²) in [5, 5.41) is 0. The zero-order chi connectivity index (χ0) is 9.52. The van der Waals surface area contributed by atoms with Crippen LogP contribution in [0.4, 0.5) is 0 Å². The summed E-state index contributed by atoms with van der Waals surface area (Å²) in [7, 11) is 0. The van der Waals surface area contributed by atoms with Gasteiger partial charge in [0.1, 0.15) is 0 Å². The average Bonchev–Trinajstić information content (AvgIpc) is 2.31. The van der Waals surface area contributed by atoms with Gasteiger partial charge in [-0.15, -0.1) is 0 Å². The van der Waals surface area contributed by atoms with Crippen LogP contribution in [0.25, 0.3) is 0 Å². The lowest BCUT2D eigenvalue weighted by Gasteiger charge is -2.15. The Hall–Kier alpha value is 0.480. The molecule has 2 unspecified atom stereocenters. The lowest BCUT2D eigenvalue weighted by molar-refractivity contribution is 0.413. The van der Waals surface area contributed by atoms with Gasteiger partial charge in [0.15, 0.2) is 0 Å². The van der Waals surface area contributed by atoms with Crippen molar-refractivity contribution in [1.29, 1.82) is 0 Å². The summed E-state index contributed by atoms with van der Waals surface area (Å²) >= 11 is 3.79. The Morgan fingerprint density at radius 2 is 1.92 bits per heavy atom. The lowest BCUT2D eigenvalue weighted by atomic mass is 9.94. The summed E-state index contributed by atoms with van der Waals surface area (Å²) in [6.07, 6.45) is 13.0. The van der Waals surface area contributed by atoms with Crippen LogP contribution in [0, 0.1) is 5.92 Å². The Morgan fingerprint density at radius 3 is 2.69 bits per heavy atom. The molecule has 1 heteroatoms. The van der Waals surface area contributed by atoms with Crippen molar-refractivity contribution in [2.45, 2.75) is 69.5 Å². The molecular weight excluding hydrogens is 224 g/mol. The normalized spacial score (nSPS) is 30.0. The van der Waals surface area contributed by atoms with E-state index in [0.717, 1.165) is 10.7 Å². The fourth-order valence-corrected chi connectivity index (χ4v) is 3.19. The Kier molecular flexibility index (Phi) is 6.10. The number of unbranched alkanes of at least 4 members (excludes halogenated alkanes) is 2. The first-order valence-corrected chi connectivity index (χ1v) is 6.88. The summed E-state index contributed by atoms with van der Waals surface area (Å²) in [5.41, 5.74) is 0. The highest BCUT2D eigenvalue weighted by atomic mass is 79.9. The Morgan fingerprint density at radius 1 is 1.15 bits per heavy atom. The van der Waals surface area contributed by atoms with Crippen molar-refractivity contribution in [3.8, 4) is 0 Å².